The number of hydrogen-bond acceptors (Lipinski definition) is 3. The summed E-state index contributed by atoms with van der Waals surface area (Å²) in [4.78, 5) is 0. The van der Waals surface area contributed by atoms with E-state index in [9.17, 15) is 4.57 Å². The molecular weight excluding hydrogens is 314 g/mol. The molecule has 0 radical (unpaired) electrons. The molecule has 0 aliphatic rings. The number of hydrogen-bond donors (Lipinski definition) is 0. The summed E-state index contributed by atoms with van der Waals surface area (Å²) in [6.07, 6.45) is 0. The molecule has 0 aliphatic heterocycles. The van der Waals surface area contributed by atoms with Gasteiger partial charge in [-0.25, -0.2) is 0 Å². The smallest absolute Gasteiger partial charge is 0.305 e. The lowest BCUT2D eigenvalue weighted by atomic mass is 10.4. The van der Waals surface area contributed by atoms with Crippen LogP contribution in [-0.4, -0.2) is 13.2 Å². The Kier molecular flexibility index (Phi) is 5.48. The Balaban J connectivity index is 3.26. The van der Waals surface area contributed by atoms with Gasteiger partial charge in [0.25, 0.3) is 0 Å². The van der Waals surface area contributed by atoms with Gasteiger partial charge in [-0.3, -0.25) is 4.57 Å². The fourth-order valence-electron chi connectivity index (χ4n) is 1.26. The lowest BCUT2D eigenvalue weighted by Crippen LogP contribution is -2.13. The van der Waals surface area contributed by atoms with E-state index in [0.29, 0.717) is 28.0 Å². The third kappa shape index (κ3) is 3.08. The average Bonchev–Trinajstić information content (AvgIpc) is 2.17. The van der Waals surface area contributed by atoms with Crippen molar-refractivity contribution in [3.63, 3.8) is 0 Å². The van der Waals surface area contributed by atoms with Gasteiger partial charge >= 0.3 is 7.60 Å². The molecule has 0 aromatic heterocycles. The molecule has 1 rings (SSSR count). The SMILES string of the molecule is CCOP(=O)(OCC)c1c(Cl)cccc1Br. The van der Waals surface area contributed by atoms with Crippen LogP contribution in [0.1, 0.15) is 13.8 Å². The van der Waals surface area contributed by atoms with Crippen LogP contribution in [0.15, 0.2) is 22.7 Å². The Hall–Kier alpha value is 0.140. The number of halogens is 2. The van der Waals surface area contributed by atoms with Gasteiger partial charge in [0.1, 0.15) is 0 Å². The minimum Gasteiger partial charge on any atom is -0.305 e. The second-order valence-corrected chi connectivity index (χ2v) is 6.12. The van der Waals surface area contributed by atoms with Crippen LogP contribution in [0.5, 0.6) is 0 Å². The summed E-state index contributed by atoms with van der Waals surface area (Å²) in [7, 11) is -3.33. The summed E-state index contributed by atoms with van der Waals surface area (Å²) in [6, 6.07) is 5.18. The summed E-state index contributed by atoms with van der Waals surface area (Å²) in [5, 5.41) is 0.764. The minimum absolute atomic E-state index is 0.301. The lowest BCUT2D eigenvalue weighted by molar-refractivity contribution is 0.230. The van der Waals surface area contributed by atoms with Crippen LogP contribution in [0.2, 0.25) is 5.02 Å². The second kappa shape index (κ2) is 6.18. The molecule has 3 nitrogen and oxygen atoms in total. The van der Waals surface area contributed by atoms with E-state index in [1.54, 1.807) is 32.0 Å². The van der Waals surface area contributed by atoms with Gasteiger partial charge in [-0.2, -0.15) is 0 Å². The molecule has 1 aromatic rings. The standard InChI is InChI=1S/C10H13BrClO3P/c1-3-14-16(13,15-4-2)10-8(11)6-5-7-9(10)12/h5-7H,3-4H2,1-2H3. The molecule has 0 saturated heterocycles. The molecule has 6 heteroatoms. The average molecular weight is 328 g/mol. The molecule has 0 atom stereocenters. The van der Waals surface area contributed by atoms with Crippen molar-refractivity contribution in [1.29, 1.82) is 0 Å². The first-order chi connectivity index (χ1) is 7.55. The van der Waals surface area contributed by atoms with Crippen molar-refractivity contribution < 1.29 is 13.6 Å². The van der Waals surface area contributed by atoms with E-state index in [1.807, 2.05) is 0 Å². The van der Waals surface area contributed by atoms with Gasteiger partial charge in [0.05, 0.1) is 23.5 Å². The predicted molar refractivity (Wildman–Crippen MR) is 69.6 cm³/mol. The number of benzene rings is 1. The summed E-state index contributed by atoms with van der Waals surface area (Å²) in [5.74, 6) is 0. The maximum atomic E-state index is 12.5. The maximum absolute atomic E-state index is 12.5. The largest absolute Gasteiger partial charge is 0.363 e. The molecule has 0 saturated carbocycles. The highest BCUT2D eigenvalue weighted by atomic mass is 79.9. The molecule has 0 fully saturated rings. The zero-order valence-corrected chi connectivity index (χ0v) is 12.3. The third-order valence-corrected chi connectivity index (χ3v) is 5.45. The van der Waals surface area contributed by atoms with Gasteiger partial charge in [0.2, 0.25) is 0 Å². The van der Waals surface area contributed by atoms with Gasteiger partial charge in [-0.05, 0) is 41.9 Å². The van der Waals surface area contributed by atoms with Gasteiger partial charge in [-0.15, -0.1) is 0 Å². The van der Waals surface area contributed by atoms with Gasteiger partial charge in [-0.1, -0.05) is 17.7 Å². The Labute approximate surface area is 109 Å². The van der Waals surface area contributed by atoms with Crippen molar-refractivity contribution >= 4 is 40.4 Å². The van der Waals surface area contributed by atoms with E-state index in [0.717, 1.165) is 0 Å². The van der Waals surface area contributed by atoms with Crippen LogP contribution in [0.4, 0.5) is 0 Å². The quantitative estimate of drug-likeness (QED) is 0.767. The van der Waals surface area contributed by atoms with Crippen LogP contribution in [-0.2, 0) is 13.6 Å². The summed E-state index contributed by atoms with van der Waals surface area (Å²) in [6.45, 7) is 4.12. The summed E-state index contributed by atoms with van der Waals surface area (Å²) < 4.78 is 23.6. The fourth-order valence-corrected chi connectivity index (χ4v) is 4.56. The second-order valence-electron chi connectivity index (χ2n) is 2.90. The zero-order chi connectivity index (χ0) is 12.2. The summed E-state index contributed by atoms with van der Waals surface area (Å²) in [5.41, 5.74) is 0. The van der Waals surface area contributed by atoms with Crippen molar-refractivity contribution in [2.75, 3.05) is 13.2 Å². The van der Waals surface area contributed by atoms with Crippen molar-refractivity contribution in [3.05, 3.63) is 27.7 Å². The molecule has 1 aromatic carbocycles. The molecule has 0 bridgehead atoms. The Morgan fingerprint density at radius 1 is 1.31 bits per heavy atom. The van der Waals surface area contributed by atoms with E-state index in [-0.39, 0.29) is 0 Å². The topological polar surface area (TPSA) is 35.5 Å². The Morgan fingerprint density at radius 2 is 1.88 bits per heavy atom. The van der Waals surface area contributed by atoms with E-state index in [4.69, 9.17) is 20.6 Å². The Bertz CT molecular complexity index is 381. The fraction of sp³-hybridized carbons (Fsp3) is 0.400. The van der Waals surface area contributed by atoms with Crippen LogP contribution in [0.25, 0.3) is 0 Å². The molecule has 0 amide bonds. The van der Waals surface area contributed by atoms with E-state index in [2.05, 4.69) is 15.9 Å². The van der Waals surface area contributed by atoms with Crippen molar-refractivity contribution in [1.82, 2.24) is 0 Å². The monoisotopic (exact) mass is 326 g/mol. The first-order valence-corrected chi connectivity index (χ1v) is 7.60. The summed E-state index contributed by atoms with van der Waals surface area (Å²) >= 11 is 9.33. The first-order valence-electron chi connectivity index (χ1n) is 4.88. The molecule has 0 aliphatic carbocycles. The molecule has 16 heavy (non-hydrogen) atoms. The third-order valence-electron chi connectivity index (χ3n) is 1.81. The van der Waals surface area contributed by atoms with Crippen molar-refractivity contribution in [2.45, 2.75) is 13.8 Å². The van der Waals surface area contributed by atoms with Gasteiger partial charge in [0.15, 0.2) is 0 Å². The first kappa shape index (κ1) is 14.2. The minimum atomic E-state index is -3.33. The molecule has 0 spiro atoms. The maximum Gasteiger partial charge on any atom is 0.363 e. The molecule has 0 N–H and O–H groups in total. The number of rotatable bonds is 5. The van der Waals surface area contributed by atoms with Gasteiger partial charge in [0, 0.05) is 4.47 Å². The van der Waals surface area contributed by atoms with Crippen LogP contribution >= 0.6 is 35.1 Å². The normalized spacial score (nSPS) is 11.8. The zero-order valence-electron chi connectivity index (χ0n) is 9.07. The molecule has 0 unspecified atom stereocenters. The van der Waals surface area contributed by atoms with Crippen molar-refractivity contribution in [2.24, 2.45) is 0 Å². The van der Waals surface area contributed by atoms with Crippen molar-refractivity contribution in [3.8, 4) is 0 Å². The highest BCUT2D eigenvalue weighted by Crippen LogP contribution is 2.50. The van der Waals surface area contributed by atoms with E-state index < -0.39 is 7.60 Å². The molecule has 90 valence electrons. The Morgan fingerprint density at radius 3 is 2.31 bits per heavy atom. The molecular formula is C10H13BrClO3P. The predicted octanol–water partition coefficient (Wildman–Crippen LogP) is 3.99. The highest BCUT2D eigenvalue weighted by Gasteiger charge is 2.31. The molecule has 0 heterocycles. The lowest BCUT2D eigenvalue weighted by Gasteiger charge is -2.19. The van der Waals surface area contributed by atoms with Gasteiger partial charge < -0.3 is 9.05 Å². The van der Waals surface area contributed by atoms with Crippen LogP contribution in [0.3, 0.4) is 0 Å². The van der Waals surface area contributed by atoms with E-state index >= 15 is 0 Å². The van der Waals surface area contributed by atoms with Crippen LogP contribution in [0, 0.1) is 0 Å². The van der Waals surface area contributed by atoms with Crippen LogP contribution < -0.4 is 5.30 Å². The van der Waals surface area contributed by atoms with E-state index in [1.165, 1.54) is 0 Å². The highest BCUT2D eigenvalue weighted by molar-refractivity contribution is 9.10.